The highest BCUT2D eigenvalue weighted by atomic mass is 35.5. The summed E-state index contributed by atoms with van der Waals surface area (Å²) >= 11 is 5.59. The van der Waals surface area contributed by atoms with E-state index in [9.17, 15) is 4.79 Å². The minimum Gasteiger partial charge on any atom is -0.493 e. The van der Waals surface area contributed by atoms with Crippen LogP contribution < -0.4 is 15.1 Å². The third kappa shape index (κ3) is 2.76. The molecule has 4 nitrogen and oxygen atoms in total. The molecule has 96 valence electrons. The molecule has 1 aromatic carbocycles. The smallest absolute Gasteiger partial charge is 0.336 e. The van der Waals surface area contributed by atoms with Crippen LogP contribution in [0.25, 0.3) is 11.0 Å². The van der Waals surface area contributed by atoms with Crippen LogP contribution >= 0.6 is 11.6 Å². The fourth-order valence-corrected chi connectivity index (χ4v) is 1.69. The minimum atomic E-state index is -0.389. The van der Waals surface area contributed by atoms with E-state index in [4.69, 9.17) is 25.5 Å². The van der Waals surface area contributed by atoms with Crippen LogP contribution in [0.4, 0.5) is 0 Å². The Morgan fingerprint density at radius 1 is 1.28 bits per heavy atom. The minimum absolute atomic E-state index is 0.389. The zero-order valence-corrected chi connectivity index (χ0v) is 10.7. The summed E-state index contributed by atoms with van der Waals surface area (Å²) in [6.07, 6.45) is 0.738. The van der Waals surface area contributed by atoms with Crippen LogP contribution in [0, 0.1) is 0 Å². The summed E-state index contributed by atoms with van der Waals surface area (Å²) < 4.78 is 15.9. The van der Waals surface area contributed by atoms with Gasteiger partial charge in [-0.2, -0.15) is 0 Å². The first-order chi connectivity index (χ1) is 8.74. The fourth-order valence-electron chi connectivity index (χ4n) is 1.58. The lowest BCUT2D eigenvalue weighted by atomic mass is 10.2. The van der Waals surface area contributed by atoms with Gasteiger partial charge in [-0.3, -0.25) is 0 Å². The summed E-state index contributed by atoms with van der Waals surface area (Å²) in [7, 11) is 1.56. The molecular weight excluding hydrogens is 256 g/mol. The summed E-state index contributed by atoms with van der Waals surface area (Å²) in [6.45, 7) is 0.489. The van der Waals surface area contributed by atoms with Gasteiger partial charge in [0.25, 0.3) is 0 Å². The van der Waals surface area contributed by atoms with E-state index >= 15 is 0 Å². The van der Waals surface area contributed by atoms with Gasteiger partial charge < -0.3 is 13.9 Å². The summed E-state index contributed by atoms with van der Waals surface area (Å²) in [5, 5.41) is 0.788. The van der Waals surface area contributed by atoms with Gasteiger partial charge in [0, 0.05) is 23.4 Å². The lowest BCUT2D eigenvalue weighted by Gasteiger charge is -2.10. The standard InChI is InChI=1S/C13H13ClO4/c1-16-11-7-9-3-4-13(15)18-10(9)8-12(11)17-6-2-5-14/h3-4,7-8H,2,5-6H2,1H3. The van der Waals surface area contributed by atoms with Crippen molar-refractivity contribution in [1.82, 2.24) is 0 Å². The zero-order chi connectivity index (χ0) is 13.0. The van der Waals surface area contributed by atoms with E-state index in [2.05, 4.69) is 0 Å². The number of hydrogen-bond acceptors (Lipinski definition) is 4. The van der Waals surface area contributed by atoms with Gasteiger partial charge in [-0.1, -0.05) is 0 Å². The average Bonchev–Trinajstić information content (AvgIpc) is 2.38. The topological polar surface area (TPSA) is 48.7 Å². The van der Waals surface area contributed by atoms with E-state index in [1.54, 1.807) is 25.3 Å². The number of ether oxygens (including phenoxy) is 2. The summed E-state index contributed by atoms with van der Waals surface area (Å²) in [4.78, 5) is 11.2. The van der Waals surface area contributed by atoms with Crippen molar-refractivity contribution in [2.45, 2.75) is 6.42 Å². The Morgan fingerprint density at radius 2 is 2.11 bits per heavy atom. The van der Waals surface area contributed by atoms with Crippen molar-refractivity contribution in [1.29, 1.82) is 0 Å². The zero-order valence-electron chi connectivity index (χ0n) is 9.94. The SMILES string of the molecule is COc1cc2ccc(=O)oc2cc1OCCCCl. The summed E-state index contributed by atoms with van der Waals surface area (Å²) in [5.41, 5.74) is 0.0866. The molecule has 0 fully saturated rings. The molecule has 0 atom stereocenters. The van der Waals surface area contributed by atoms with Gasteiger partial charge in [-0.15, -0.1) is 11.6 Å². The quantitative estimate of drug-likeness (QED) is 0.475. The van der Waals surface area contributed by atoms with E-state index in [0.29, 0.717) is 29.6 Å². The molecule has 1 aromatic heterocycles. The Morgan fingerprint density at radius 3 is 2.83 bits per heavy atom. The molecule has 0 aliphatic heterocycles. The van der Waals surface area contributed by atoms with Gasteiger partial charge in [0.1, 0.15) is 5.58 Å². The molecule has 1 heterocycles. The largest absolute Gasteiger partial charge is 0.493 e. The maximum Gasteiger partial charge on any atom is 0.336 e. The molecule has 0 aliphatic rings. The van der Waals surface area contributed by atoms with Gasteiger partial charge >= 0.3 is 5.63 Å². The van der Waals surface area contributed by atoms with Gasteiger partial charge in [-0.25, -0.2) is 4.79 Å². The molecule has 18 heavy (non-hydrogen) atoms. The van der Waals surface area contributed by atoms with Gasteiger partial charge in [-0.05, 0) is 18.6 Å². The van der Waals surface area contributed by atoms with Crippen LogP contribution in [0.15, 0.2) is 33.5 Å². The van der Waals surface area contributed by atoms with Crippen LogP contribution in [-0.4, -0.2) is 19.6 Å². The molecule has 2 rings (SSSR count). The second-order valence-electron chi connectivity index (χ2n) is 3.69. The van der Waals surface area contributed by atoms with Crippen LogP contribution in [0.3, 0.4) is 0 Å². The first-order valence-electron chi connectivity index (χ1n) is 5.55. The second-order valence-corrected chi connectivity index (χ2v) is 4.06. The third-order valence-electron chi connectivity index (χ3n) is 2.44. The number of hydrogen-bond donors (Lipinski definition) is 0. The first-order valence-corrected chi connectivity index (χ1v) is 6.08. The molecule has 0 bridgehead atoms. The second kappa shape index (κ2) is 5.78. The molecule has 5 heteroatoms. The van der Waals surface area contributed by atoms with Crippen molar-refractivity contribution in [3.8, 4) is 11.5 Å². The number of methoxy groups -OCH3 is 1. The number of benzene rings is 1. The Bertz CT molecular complexity index is 591. The molecule has 0 spiro atoms. The average molecular weight is 269 g/mol. The third-order valence-corrected chi connectivity index (χ3v) is 2.71. The van der Waals surface area contributed by atoms with E-state index < -0.39 is 0 Å². The lowest BCUT2D eigenvalue weighted by molar-refractivity contribution is 0.295. The van der Waals surface area contributed by atoms with Crippen LogP contribution in [0.1, 0.15) is 6.42 Å². The van der Waals surface area contributed by atoms with Crippen LogP contribution in [-0.2, 0) is 0 Å². The maximum absolute atomic E-state index is 11.2. The van der Waals surface area contributed by atoms with Crippen molar-refractivity contribution >= 4 is 22.6 Å². The molecular formula is C13H13ClO4. The van der Waals surface area contributed by atoms with Crippen LogP contribution in [0.5, 0.6) is 11.5 Å². The molecule has 0 N–H and O–H groups in total. The monoisotopic (exact) mass is 268 g/mol. The Hall–Kier alpha value is -1.68. The Kier molecular flexibility index (Phi) is 4.10. The molecule has 2 aromatic rings. The van der Waals surface area contributed by atoms with Gasteiger partial charge in [0.2, 0.25) is 0 Å². The maximum atomic E-state index is 11.2. The predicted octanol–water partition coefficient (Wildman–Crippen LogP) is 2.81. The van der Waals surface area contributed by atoms with Crippen molar-refractivity contribution in [3.05, 3.63) is 34.7 Å². The molecule has 0 saturated carbocycles. The van der Waals surface area contributed by atoms with Gasteiger partial charge in [0.15, 0.2) is 11.5 Å². The Balaban J connectivity index is 2.40. The molecule has 0 aliphatic carbocycles. The highest BCUT2D eigenvalue weighted by molar-refractivity contribution is 6.17. The fraction of sp³-hybridized carbons (Fsp3) is 0.308. The predicted molar refractivity (Wildman–Crippen MR) is 69.9 cm³/mol. The molecule has 0 amide bonds. The van der Waals surface area contributed by atoms with Crippen molar-refractivity contribution in [2.75, 3.05) is 19.6 Å². The first kappa shape index (κ1) is 12.8. The Labute approximate surface area is 109 Å². The summed E-state index contributed by atoms with van der Waals surface area (Å²) in [5.74, 6) is 1.68. The van der Waals surface area contributed by atoms with Crippen LogP contribution in [0.2, 0.25) is 0 Å². The number of alkyl halides is 1. The van der Waals surface area contributed by atoms with Crippen molar-refractivity contribution in [3.63, 3.8) is 0 Å². The highest BCUT2D eigenvalue weighted by Gasteiger charge is 2.08. The molecule has 0 saturated heterocycles. The van der Waals surface area contributed by atoms with E-state index in [0.717, 1.165) is 11.8 Å². The van der Waals surface area contributed by atoms with Crippen molar-refractivity contribution in [2.24, 2.45) is 0 Å². The molecule has 0 radical (unpaired) electrons. The van der Waals surface area contributed by atoms with E-state index in [-0.39, 0.29) is 5.63 Å². The number of rotatable bonds is 5. The highest BCUT2D eigenvalue weighted by Crippen LogP contribution is 2.31. The van der Waals surface area contributed by atoms with Crippen molar-refractivity contribution < 1.29 is 13.9 Å². The molecule has 0 unspecified atom stereocenters. The van der Waals surface area contributed by atoms with E-state index in [1.807, 2.05) is 0 Å². The summed E-state index contributed by atoms with van der Waals surface area (Å²) in [6, 6.07) is 6.49. The van der Waals surface area contributed by atoms with E-state index in [1.165, 1.54) is 6.07 Å². The lowest BCUT2D eigenvalue weighted by Crippen LogP contribution is -2.01. The number of halogens is 1. The normalized spacial score (nSPS) is 10.6. The number of fused-ring (bicyclic) bond motifs is 1. The van der Waals surface area contributed by atoms with Gasteiger partial charge in [0.05, 0.1) is 13.7 Å².